The van der Waals surface area contributed by atoms with Crippen LogP contribution in [0.1, 0.15) is 30.6 Å². The van der Waals surface area contributed by atoms with Gasteiger partial charge in [0.25, 0.3) is 0 Å². The van der Waals surface area contributed by atoms with E-state index >= 15 is 0 Å². The predicted molar refractivity (Wildman–Crippen MR) is 80.2 cm³/mol. The molecule has 0 amide bonds. The number of hydrogen-bond donors (Lipinski definition) is 1. The summed E-state index contributed by atoms with van der Waals surface area (Å²) in [5, 5.41) is 9.59. The molecule has 1 atom stereocenters. The van der Waals surface area contributed by atoms with E-state index < -0.39 is 5.97 Å². The van der Waals surface area contributed by atoms with Gasteiger partial charge in [-0.05, 0) is 18.9 Å². The van der Waals surface area contributed by atoms with Gasteiger partial charge in [-0.25, -0.2) is 4.98 Å². The molecule has 20 heavy (non-hydrogen) atoms. The molecule has 0 aliphatic heterocycles. The zero-order valence-electron chi connectivity index (χ0n) is 11.6. The van der Waals surface area contributed by atoms with E-state index in [0.29, 0.717) is 0 Å². The van der Waals surface area contributed by atoms with E-state index in [4.69, 9.17) is 5.11 Å². The molecule has 1 aromatic carbocycles. The molecule has 1 unspecified atom stereocenters. The molecule has 0 bridgehead atoms. The number of hydrogen-bond acceptors (Lipinski definition) is 3. The van der Waals surface area contributed by atoms with Crippen LogP contribution in [0, 0.1) is 6.92 Å². The maximum Gasteiger partial charge on any atom is 0.313 e. The van der Waals surface area contributed by atoms with Crippen LogP contribution in [0.5, 0.6) is 0 Å². The summed E-state index contributed by atoms with van der Waals surface area (Å²) in [5.41, 5.74) is 2.27. The highest BCUT2D eigenvalue weighted by Gasteiger charge is 2.18. The minimum absolute atomic E-state index is 0.0294. The second kappa shape index (κ2) is 6.61. The van der Waals surface area contributed by atoms with Crippen molar-refractivity contribution in [2.75, 3.05) is 5.75 Å². The summed E-state index contributed by atoms with van der Waals surface area (Å²) in [7, 11) is 0. The van der Waals surface area contributed by atoms with Gasteiger partial charge in [0.05, 0.1) is 11.8 Å². The number of imidazole rings is 1. The lowest BCUT2D eigenvalue weighted by atomic mass is 10.0. The Labute approximate surface area is 122 Å². The van der Waals surface area contributed by atoms with Crippen LogP contribution in [0.15, 0.2) is 41.7 Å². The fourth-order valence-corrected chi connectivity index (χ4v) is 3.07. The van der Waals surface area contributed by atoms with E-state index in [9.17, 15) is 4.79 Å². The number of aliphatic carboxylic acids is 1. The van der Waals surface area contributed by atoms with Gasteiger partial charge < -0.3 is 9.67 Å². The van der Waals surface area contributed by atoms with E-state index in [1.807, 2.05) is 25.1 Å². The summed E-state index contributed by atoms with van der Waals surface area (Å²) < 4.78 is 2.13. The van der Waals surface area contributed by atoms with Crippen molar-refractivity contribution in [2.45, 2.75) is 31.5 Å². The fraction of sp³-hybridized carbons (Fsp3) is 0.333. The molecule has 1 aromatic heterocycles. The third-order valence-electron chi connectivity index (χ3n) is 3.16. The normalized spacial score (nSPS) is 12.3. The number of nitrogens with zero attached hydrogens (tertiary/aromatic N) is 2. The largest absolute Gasteiger partial charge is 0.481 e. The number of carboxylic acid groups (broad SMARTS) is 1. The molecule has 2 rings (SSSR count). The Morgan fingerprint density at radius 1 is 1.40 bits per heavy atom. The maximum absolute atomic E-state index is 10.7. The summed E-state index contributed by atoms with van der Waals surface area (Å²) in [5.74, 6) is -0.795. The highest BCUT2D eigenvalue weighted by molar-refractivity contribution is 7.99. The van der Waals surface area contributed by atoms with Crippen molar-refractivity contribution >= 4 is 17.7 Å². The van der Waals surface area contributed by atoms with Crippen molar-refractivity contribution in [1.29, 1.82) is 0 Å². The van der Waals surface area contributed by atoms with Gasteiger partial charge in [-0.1, -0.05) is 49.0 Å². The van der Waals surface area contributed by atoms with Gasteiger partial charge in [0.1, 0.15) is 0 Å². The average Bonchev–Trinajstić information content (AvgIpc) is 2.80. The van der Waals surface area contributed by atoms with Gasteiger partial charge in [0.15, 0.2) is 5.16 Å². The molecule has 0 saturated carbocycles. The number of aryl methyl sites for hydroxylation is 1. The first-order chi connectivity index (χ1) is 9.63. The third-order valence-corrected chi connectivity index (χ3v) is 4.11. The van der Waals surface area contributed by atoms with Crippen LogP contribution in [0.2, 0.25) is 0 Å². The van der Waals surface area contributed by atoms with Gasteiger partial charge in [-0.2, -0.15) is 0 Å². The fourth-order valence-electron chi connectivity index (χ4n) is 2.28. The van der Waals surface area contributed by atoms with Gasteiger partial charge in [0, 0.05) is 11.9 Å². The van der Waals surface area contributed by atoms with Crippen molar-refractivity contribution < 1.29 is 9.90 Å². The molecule has 4 nitrogen and oxygen atoms in total. The topological polar surface area (TPSA) is 55.1 Å². The summed E-state index contributed by atoms with van der Waals surface area (Å²) in [6.07, 6.45) is 2.73. The minimum atomic E-state index is -0.824. The Bertz CT molecular complexity index is 581. The van der Waals surface area contributed by atoms with E-state index in [2.05, 4.69) is 28.6 Å². The zero-order valence-corrected chi connectivity index (χ0v) is 12.4. The zero-order chi connectivity index (χ0) is 14.5. The minimum Gasteiger partial charge on any atom is -0.481 e. The molecule has 1 heterocycles. The van der Waals surface area contributed by atoms with E-state index in [1.54, 1.807) is 6.20 Å². The molecule has 0 aliphatic rings. The second-order valence-corrected chi connectivity index (χ2v) is 5.51. The first kappa shape index (κ1) is 14.7. The maximum atomic E-state index is 10.7. The lowest BCUT2D eigenvalue weighted by molar-refractivity contribution is -0.133. The molecular weight excluding hydrogens is 272 g/mol. The quantitative estimate of drug-likeness (QED) is 0.829. The van der Waals surface area contributed by atoms with Crippen LogP contribution in [-0.4, -0.2) is 26.4 Å². The van der Waals surface area contributed by atoms with Crippen LogP contribution >= 0.6 is 11.8 Å². The molecule has 106 valence electrons. The molecule has 0 radical (unpaired) electrons. The SMILES string of the molecule is CCC(c1ccccc1)n1c(C)cnc1SCC(=O)O. The lowest BCUT2D eigenvalue weighted by Crippen LogP contribution is -2.13. The Morgan fingerprint density at radius 2 is 2.10 bits per heavy atom. The van der Waals surface area contributed by atoms with Gasteiger partial charge in [0.2, 0.25) is 0 Å². The summed E-state index contributed by atoms with van der Waals surface area (Å²) in [6, 6.07) is 10.4. The van der Waals surface area contributed by atoms with Crippen LogP contribution in [-0.2, 0) is 4.79 Å². The molecule has 0 aliphatic carbocycles. The van der Waals surface area contributed by atoms with Crippen molar-refractivity contribution in [3.05, 3.63) is 47.8 Å². The number of rotatable bonds is 6. The van der Waals surface area contributed by atoms with Crippen molar-refractivity contribution in [2.24, 2.45) is 0 Å². The molecule has 1 N–H and O–H groups in total. The van der Waals surface area contributed by atoms with E-state index in [-0.39, 0.29) is 11.8 Å². The molecule has 0 saturated heterocycles. The van der Waals surface area contributed by atoms with Crippen LogP contribution in [0.3, 0.4) is 0 Å². The smallest absolute Gasteiger partial charge is 0.313 e. The van der Waals surface area contributed by atoms with Crippen molar-refractivity contribution in [1.82, 2.24) is 9.55 Å². The Morgan fingerprint density at radius 3 is 2.70 bits per heavy atom. The van der Waals surface area contributed by atoms with Crippen LogP contribution < -0.4 is 0 Å². The second-order valence-electron chi connectivity index (χ2n) is 4.57. The Balaban J connectivity index is 2.34. The predicted octanol–water partition coefficient (Wildman–Crippen LogP) is 3.37. The van der Waals surface area contributed by atoms with Gasteiger partial charge in [-0.15, -0.1) is 0 Å². The number of aromatic nitrogens is 2. The number of carboxylic acids is 1. The van der Waals surface area contributed by atoms with E-state index in [1.165, 1.54) is 17.3 Å². The number of benzene rings is 1. The van der Waals surface area contributed by atoms with Crippen molar-refractivity contribution in [3.8, 4) is 0 Å². The van der Waals surface area contributed by atoms with E-state index in [0.717, 1.165) is 17.3 Å². The highest BCUT2D eigenvalue weighted by Crippen LogP contribution is 2.29. The van der Waals surface area contributed by atoms with Crippen LogP contribution in [0.4, 0.5) is 0 Å². The Hall–Kier alpha value is -1.75. The summed E-state index contributed by atoms with van der Waals surface area (Å²) >= 11 is 1.27. The van der Waals surface area contributed by atoms with Gasteiger partial charge in [-0.3, -0.25) is 4.79 Å². The summed E-state index contributed by atoms with van der Waals surface area (Å²) in [4.78, 5) is 15.1. The average molecular weight is 290 g/mol. The Kier molecular flexibility index (Phi) is 4.84. The van der Waals surface area contributed by atoms with Crippen LogP contribution in [0.25, 0.3) is 0 Å². The highest BCUT2D eigenvalue weighted by atomic mass is 32.2. The first-order valence-electron chi connectivity index (χ1n) is 6.56. The van der Waals surface area contributed by atoms with Gasteiger partial charge >= 0.3 is 5.97 Å². The molecular formula is C15H18N2O2S. The monoisotopic (exact) mass is 290 g/mol. The lowest BCUT2D eigenvalue weighted by Gasteiger charge is -2.21. The number of thioether (sulfide) groups is 1. The number of carbonyl (C=O) groups is 1. The molecule has 2 aromatic rings. The standard InChI is InChI=1S/C15H18N2O2S/c1-3-13(12-7-5-4-6-8-12)17-11(2)9-16-15(17)20-10-14(18)19/h4-9,13H,3,10H2,1-2H3,(H,18,19). The summed E-state index contributed by atoms with van der Waals surface area (Å²) in [6.45, 7) is 4.13. The molecule has 0 fully saturated rings. The third kappa shape index (κ3) is 3.22. The molecule has 0 spiro atoms. The first-order valence-corrected chi connectivity index (χ1v) is 7.55. The molecule has 5 heteroatoms. The van der Waals surface area contributed by atoms with Crippen molar-refractivity contribution in [3.63, 3.8) is 0 Å².